The van der Waals surface area contributed by atoms with Crippen molar-refractivity contribution in [1.29, 1.82) is 5.26 Å². The largest absolute Gasteiger partial charge is 0.335 e. The molecule has 2 rings (SSSR count). The van der Waals surface area contributed by atoms with Crippen LogP contribution in [-0.4, -0.2) is 11.5 Å². The Morgan fingerprint density at radius 3 is 2.52 bits per heavy atom. The molecule has 0 saturated heterocycles. The molecular formula is C16H15N3O2. The second-order valence-corrected chi connectivity index (χ2v) is 4.60. The van der Waals surface area contributed by atoms with Gasteiger partial charge in [0.1, 0.15) is 5.69 Å². The molecule has 0 amide bonds. The molecule has 0 atom stereocenters. The van der Waals surface area contributed by atoms with E-state index < -0.39 is 0 Å². The van der Waals surface area contributed by atoms with Crippen LogP contribution in [0.3, 0.4) is 0 Å². The molecule has 0 aromatic heterocycles. The molecular weight excluding hydrogens is 266 g/mol. The summed E-state index contributed by atoms with van der Waals surface area (Å²) in [6.45, 7) is 2.25. The number of benzene rings is 2. The quantitative estimate of drug-likeness (QED) is 0.614. The van der Waals surface area contributed by atoms with Crippen molar-refractivity contribution in [1.82, 2.24) is 0 Å². The third-order valence-electron chi connectivity index (χ3n) is 3.20. The highest BCUT2D eigenvalue weighted by atomic mass is 16.6. The average Bonchev–Trinajstić information content (AvgIpc) is 2.49. The predicted molar refractivity (Wildman–Crippen MR) is 81.5 cm³/mol. The van der Waals surface area contributed by atoms with Gasteiger partial charge in [0.15, 0.2) is 0 Å². The van der Waals surface area contributed by atoms with E-state index in [4.69, 9.17) is 5.26 Å². The fourth-order valence-corrected chi connectivity index (χ4v) is 2.28. The van der Waals surface area contributed by atoms with Gasteiger partial charge in [-0.1, -0.05) is 30.3 Å². The van der Waals surface area contributed by atoms with E-state index in [1.165, 1.54) is 6.07 Å². The Kier molecular flexibility index (Phi) is 4.52. The molecule has 0 spiro atoms. The molecule has 0 aliphatic rings. The number of anilines is 2. The Bertz CT molecular complexity index is 678. The molecule has 5 heteroatoms. The molecule has 0 radical (unpaired) electrons. The number of para-hydroxylation sites is 2. The Balaban J connectivity index is 2.57. The van der Waals surface area contributed by atoms with Gasteiger partial charge in [0, 0.05) is 18.3 Å². The normalized spacial score (nSPS) is 9.90. The first-order valence-corrected chi connectivity index (χ1v) is 6.58. The monoisotopic (exact) mass is 281 g/mol. The predicted octanol–water partition coefficient (Wildman–Crippen LogP) is 3.96. The van der Waals surface area contributed by atoms with Gasteiger partial charge in [-0.15, -0.1) is 0 Å². The summed E-state index contributed by atoms with van der Waals surface area (Å²) in [7, 11) is 0. The standard InChI is InChI=1S/C16H15N3O2/c1-13-7-5-10-15(19(20)21)16(13)18(12-6-11-17)14-8-3-2-4-9-14/h2-5,7-10H,6,12H2,1H3. The van der Waals surface area contributed by atoms with Crippen molar-refractivity contribution in [2.45, 2.75) is 13.3 Å². The van der Waals surface area contributed by atoms with E-state index in [1.807, 2.05) is 48.2 Å². The number of hydrogen-bond acceptors (Lipinski definition) is 4. The third-order valence-corrected chi connectivity index (χ3v) is 3.20. The number of nitro groups is 1. The molecule has 0 N–H and O–H groups in total. The summed E-state index contributed by atoms with van der Waals surface area (Å²) in [5.41, 5.74) is 2.25. The molecule has 0 bridgehead atoms. The maximum Gasteiger partial charge on any atom is 0.293 e. The minimum atomic E-state index is -0.384. The van der Waals surface area contributed by atoms with Crippen LogP contribution in [0.2, 0.25) is 0 Å². The fourth-order valence-electron chi connectivity index (χ4n) is 2.28. The van der Waals surface area contributed by atoms with Gasteiger partial charge in [0.2, 0.25) is 0 Å². The Morgan fingerprint density at radius 1 is 1.19 bits per heavy atom. The van der Waals surface area contributed by atoms with Crippen molar-refractivity contribution in [2.75, 3.05) is 11.4 Å². The molecule has 0 aliphatic heterocycles. The molecule has 21 heavy (non-hydrogen) atoms. The zero-order valence-electron chi connectivity index (χ0n) is 11.7. The van der Waals surface area contributed by atoms with Gasteiger partial charge in [-0.05, 0) is 24.6 Å². The summed E-state index contributed by atoms with van der Waals surface area (Å²) in [5, 5.41) is 20.1. The van der Waals surface area contributed by atoms with Crippen molar-refractivity contribution in [3.63, 3.8) is 0 Å². The first-order chi connectivity index (χ1) is 10.1. The van der Waals surface area contributed by atoms with Gasteiger partial charge in [0.05, 0.1) is 17.4 Å². The third kappa shape index (κ3) is 3.18. The first kappa shape index (κ1) is 14.5. The van der Waals surface area contributed by atoms with Crippen LogP contribution in [-0.2, 0) is 0 Å². The zero-order chi connectivity index (χ0) is 15.2. The van der Waals surface area contributed by atoms with E-state index in [-0.39, 0.29) is 10.6 Å². The van der Waals surface area contributed by atoms with Gasteiger partial charge in [-0.3, -0.25) is 10.1 Å². The van der Waals surface area contributed by atoms with Crippen molar-refractivity contribution in [3.05, 3.63) is 64.2 Å². The molecule has 106 valence electrons. The zero-order valence-corrected chi connectivity index (χ0v) is 11.7. The van der Waals surface area contributed by atoms with Crippen molar-refractivity contribution in [2.24, 2.45) is 0 Å². The van der Waals surface area contributed by atoms with Crippen molar-refractivity contribution >= 4 is 17.1 Å². The van der Waals surface area contributed by atoms with Crippen molar-refractivity contribution < 1.29 is 4.92 Å². The van der Waals surface area contributed by atoms with Crippen LogP contribution in [0.25, 0.3) is 0 Å². The minimum Gasteiger partial charge on any atom is -0.335 e. The summed E-state index contributed by atoms with van der Waals surface area (Å²) in [4.78, 5) is 12.7. The summed E-state index contributed by atoms with van der Waals surface area (Å²) in [6.07, 6.45) is 0.292. The number of nitro benzene ring substituents is 1. The van der Waals surface area contributed by atoms with E-state index in [9.17, 15) is 10.1 Å². The number of nitriles is 1. The molecule has 0 aliphatic carbocycles. The highest BCUT2D eigenvalue weighted by Crippen LogP contribution is 2.36. The van der Waals surface area contributed by atoms with Crippen LogP contribution in [0.4, 0.5) is 17.1 Å². The number of rotatable bonds is 5. The Morgan fingerprint density at radius 2 is 1.90 bits per heavy atom. The molecule has 0 saturated carbocycles. The lowest BCUT2D eigenvalue weighted by atomic mass is 10.1. The smallest absolute Gasteiger partial charge is 0.293 e. The summed E-state index contributed by atoms with van der Waals surface area (Å²) in [6, 6.07) is 16.5. The van der Waals surface area contributed by atoms with Crippen LogP contribution in [0.15, 0.2) is 48.5 Å². The highest BCUT2D eigenvalue weighted by molar-refractivity contribution is 5.75. The van der Waals surface area contributed by atoms with E-state index in [0.29, 0.717) is 18.7 Å². The number of aryl methyl sites for hydroxylation is 1. The lowest BCUT2D eigenvalue weighted by Crippen LogP contribution is -2.20. The minimum absolute atomic E-state index is 0.0526. The molecule has 0 fully saturated rings. The second-order valence-electron chi connectivity index (χ2n) is 4.60. The van der Waals surface area contributed by atoms with Gasteiger partial charge in [-0.2, -0.15) is 5.26 Å². The lowest BCUT2D eigenvalue weighted by Gasteiger charge is -2.25. The van der Waals surface area contributed by atoms with Gasteiger partial charge >= 0.3 is 0 Å². The van der Waals surface area contributed by atoms with E-state index in [2.05, 4.69) is 6.07 Å². The van der Waals surface area contributed by atoms with E-state index in [0.717, 1.165) is 11.3 Å². The Labute approximate surface area is 123 Å². The molecule has 5 nitrogen and oxygen atoms in total. The van der Waals surface area contributed by atoms with Crippen LogP contribution >= 0.6 is 0 Å². The van der Waals surface area contributed by atoms with Gasteiger partial charge < -0.3 is 4.90 Å². The summed E-state index contributed by atoms with van der Waals surface area (Å²) >= 11 is 0. The lowest BCUT2D eigenvalue weighted by molar-refractivity contribution is -0.384. The van der Waals surface area contributed by atoms with E-state index >= 15 is 0 Å². The summed E-state index contributed by atoms with van der Waals surface area (Å²) in [5.74, 6) is 0. The van der Waals surface area contributed by atoms with Crippen LogP contribution in [0.1, 0.15) is 12.0 Å². The molecule has 2 aromatic rings. The van der Waals surface area contributed by atoms with E-state index in [1.54, 1.807) is 6.07 Å². The van der Waals surface area contributed by atoms with Crippen LogP contribution < -0.4 is 4.90 Å². The maximum absolute atomic E-state index is 11.3. The number of nitrogens with zero attached hydrogens (tertiary/aromatic N) is 3. The first-order valence-electron chi connectivity index (χ1n) is 6.58. The Hall–Kier alpha value is -2.87. The number of hydrogen-bond donors (Lipinski definition) is 0. The fraction of sp³-hybridized carbons (Fsp3) is 0.188. The van der Waals surface area contributed by atoms with Crippen molar-refractivity contribution in [3.8, 4) is 6.07 Å². The average molecular weight is 281 g/mol. The highest BCUT2D eigenvalue weighted by Gasteiger charge is 2.22. The van der Waals surface area contributed by atoms with Crippen LogP contribution in [0, 0.1) is 28.4 Å². The molecule has 0 heterocycles. The SMILES string of the molecule is Cc1cccc([N+](=O)[O-])c1N(CCC#N)c1ccccc1. The molecule has 2 aromatic carbocycles. The molecule has 0 unspecified atom stereocenters. The second kappa shape index (κ2) is 6.53. The topological polar surface area (TPSA) is 70.2 Å². The summed E-state index contributed by atoms with van der Waals surface area (Å²) < 4.78 is 0. The van der Waals surface area contributed by atoms with Gasteiger partial charge in [0.25, 0.3) is 5.69 Å². The maximum atomic E-state index is 11.3. The van der Waals surface area contributed by atoms with Crippen LogP contribution in [0.5, 0.6) is 0 Å². The van der Waals surface area contributed by atoms with Gasteiger partial charge in [-0.25, -0.2) is 0 Å².